The number of aryl methyl sites for hydroxylation is 2. The number of amides is 1. The van der Waals surface area contributed by atoms with Crippen molar-refractivity contribution in [3.05, 3.63) is 46.6 Å². The van der Waals surface area contributed by atoms with Gasteiger partial charge in [-0.2, -0.15) is 5.10 Å². The molecule has 116 valence electrons. The number of anilines is 1. The van der Waals surface area contributed by atoms with Gasteiger partial charge < -0.3 is 10.2 Å². The van der Waals surface area contributed by atoms with E-state index in [2.05, 4.69) is 58.7 Å². The van der Waals surface area contributed by atoms with Crippen molar-refractivity contribution < 1.29 is 4.79 Å². The maximum Gasteiger partial charge on any atom is 0.225 e. The number of hydrogen-bond donors (Lipinski definition) is 2. The summed E-state index contributed by atoms with van der Waals surface area (Å²) in [7, 11) is 2.09. The van der Waals surface area contributed by atoms with Crippen LogP contribution in [0, 0.1) is 6.92 Å². The molecule has 0 saturated heterocycles. The largest absolute Gasteiger partial charge is 0.309 e. The van der Waals surface area contributed by atoms with Gasteiger partial charge in [-0.3, -0.25) is 9.89 Å². The number of fused-ring (bicyclic) bond motifs is 1. The quantitative estimate of drug-likeness (QED) is 0.910. The summed E-state index contributed by atoms with van der Waals surface area (Å²) >= 11 is 0. The van der Waals surface area contributed by atoms with Crippen LogP contribution in [0.2, 0.25) is 0 Å². The second-order valence-electron chi connectivity index (χ2n) is 6.05. The highest BCUT2D eigenvalue weighted by atomic mass is 16.1. The van der Waals surface area contributed by atoms with Gasteiger partial charge in [0.1, 0.15) is 0 Å². The highest BCUT2D eigenvalue weighted by Crippen LogP contribution is 2.22. The zero-order valence-electron chi connectivity index (χ0n) is 13.1. The Bertz CT molecular complexity index is 660. The van der Waals surface area contributed by atoms with E-state index < -0.39 is 0 Å². The van der Waals surface area contributed by atoms with Gasteiger partial charge in [0.05, 0.1) is 5.69 Å². The van der Waals surface area contributed by atoms with Gasteiger partial charge in [-0.1, -0.05) is 29.8 Å². The van der Waals surface area contributed by atoms with Crippen LogP contribution in [0.3, 0.4) is 0 Å². The minimum atomic E-state index is 0.0220. The Morgan fingerprint density at radius 1 is 1.36 bits per heavy atom. The Labute approximate surface area is 130 Å². The SMILES string of the molecule is Cc1ccc(CCC(=O)Nc2n[nH]c3c2CCN(C)C3)cc1. The van der Waals surface area contributed by atoms with Gasteiger partial charge in [0, 0.05) is 25.1 Å². The zero-order valence-corrected chi connectivity index (χ0v) is 13.1. The smallest absolute Gasteiger partial charge is 0.225 e. The predicted molar refractivity (Wildman–Crippen MR) is 86.8 cm³/mol. The van der Waals surface area contributed by atoms with E-state index >= 15 is 0 Å². The minimum absolute atomic E-state index is 0.0220. The lowest BCUT2D eigenvalue weighted by Crippen LogP contribution is -2.26. The number of carbonyl (C=O) groups is 1. The van der Waals surface area contributed by atoms with Crippen LogP contribution >= 0.6 is 0 Å². The maximum absolute atomic E-state index is 12.1. The molecule has 3 rings (SSSR count). The predicted octanol–water partition coefficient (Wildman–Crippen LogP) is 2.28. The van der Waals surface area contributed by atoms with Gasteiger partial charge in [0.15, 0.2) is 5.82 Å². The van der Waals surface area contributed by atoms with Crippen LogP contribution < -0.4 is 5.32 Å². The lowest BCUT2D eigenvalue weighted by Gasteiger charge is -2.21. The van der Waals surface area contributed by atoms with Crippen molar-refractivity contribution in [2.24, 2.45) is 0 Å². The molecule has 2 aromatic rings. The standard InChI is InChI=1S/C17H22N4O/c1-12-3-5-13(6-4-12)7-8-16(22)18-17-14-9-10-21(2)11-15(14)19-20-17/h3-6H,7-11H2,1-2H3,(H2,18,19,20,22). The molecule has 0 saturated carbocycles. The van der Waals surface area contributed by atoms with Crippen LogP contribution in [0.25, 0.3) is 0 Å². The Morgan fingerprint density at radius 3 is 2.91 bits per heavy atom. The molecule has 0 bridgehead atoms. The first-order chi connectivity index (χ1) is 10.6. The summed E-state index contributed by atoms with van der Waals surface area (Å²) in [6, 6.07) is 8.31. The van der Waals surface area contributed by atoms with Crippen molar-refractivity contribution in [2.75, 3.05) is 18.9 Å². The van der Waals surface area contributed by atoms with Crippen LogP contribution in [0.5, 0.6) is 0 Å². The molecule has 1 aliphatic heterocycles. The first kappa shape index (κ1) is 14.8. The van der Waals surface area contributed by atoms with Crippen molar-refractivity contribution in [2.45, 2.75) is 32.7 Å². The molecule has 1 aromatic heterocycles. The number of nitrogens with one attached hydrogen (secondary N) is 2. The highest BCUT2D eigenvalue weighted by molar-refractivity contribution is 5.90. The van der Waals surface area contributed by atoms with Gasteiger partial charge in [0.2, 0.25) is 5.91 Å². The first-order valence-corrected chi connectivity index (χ1v) is 7.72. The lowest BCUT2D eigenvalue weighted by molar-refractivity contribution is -0.116. The second-order valence-corrected chi connectivity index (χ2v) is 6.05. The molecule has 2 N–H and O–H groups in total. The van der Waals surface area contributed by atoms with Crippen LogP contribution in [-0.4, -0.2) is 34.6 Å². The van der Waals surface area contributed by atoms with Crippen molar-refractivity contribution in [1.29, 1.82) is 0 Å². The summed E-state index contributed by atoms with van der Waals surface area (Å²) in [5.41, 5.74) is 4.69. The van der Waals surface area contributed by atoms with Crippen LogP contribution in [0.4, 0.5) is 5.82 Å². The number of aromatic nitrogens is 2. The van der Waals surface area contributed by atoms with Gasteiger partial charge in [0.25, 0.3) is 0 Å². The van der Waals surface area contributed by atoms with Crippen LogP contribution in [0.15, 0.2) is 24.3 Å². The number of benzene rings is 1. The third-order valence-electron chi connectivity index (χ3n) is 4.14. The van der Waals surface area contributed by atoms with Gasteiger partial charge >= 0.3 is 0 Å². The highest BCUT2D eigenvalue weighted by Gasteiger charge is 2.20. The molecule has 0 atom stereocenters. The van der Waals surface area contributed by atoms with E-state index in [9.17, 15) is 4.79 Å². The third kappa shape index (κ3) is 3.36. The van der Waals surface area contributed by atoms with E-state index in [1.54, 1.807) is 0 Å². The zero-order chi connectivity index (χ0) is 15.5. The summed E-state index contributed by atoms with van der Waals surface area (Å²) in [6.45, 7) is 3.93. The first-order valence-electron chi connectivity index (χ1n) is 7.72. The van der Waals surface area contributed by atoms with E-state index in [0.717, 1.165) is 37.2 Å². The summed E-state index contributed by atoms with van der Waals surface area (Å²) in [5.74, 6) is 0.728. The average Bonchev–Trinajstić information content (AvgIpc) is 2.89. The molecule has 22 heavy (non-hydrogen) atoms. The Balaban J connectivity index is 1.57. The number of nitrogens with zero attached hydrogens (tertiary/aromatic N) is 2. The lowest BCUT2D eigenvalue weighted by atomic mass is 10.1. The molecule has 1 aliphatic rings. The maximum atomic E-state index is 12.1. The molecule has 0 radical (unpaired) electrons. The van der Waals surface area contributed by atoms with Crippen LogP contribution in [0.1, 0.15) is 28.8 Å². The summed E-state index contributed by atoms with van der Waals surface area (Å²) in [5, 5.41) is 10.2. The number of rotatable bonds is 4. The molecule has 5 heteroatoms. The second kappa shape index (κ2) is 6.32. The molecule has 0 aliphatic carbocycles. The van der Waals surface area contributed by atoms with Crippen molar-refractivity contribution in [3.63, 3.8) is 0 Å². The van der Waals surface area contributed by atoms with E-state index in [1.807, 2.05) is 0 Å². The van der Waals surface area contributed by atoms with E-state index in [1.165, 1.54) is 11.1 Å². The number of carbonyl (C=O) groups excluding carboxylic acids is 1. The fraction of sp³-hybridized carbons (Fsp3) is 0.412. The van der Waals surface area contributed by atoms with Crippen molar-refractivity contribution in [1.82, 2.24) is 15.1 Å². The Morgan fingerprint density at radius 2 is 2.14 bits per heavy atom. The van der Waals surface area contributed by atoms with Crippen LogP contribution in [-0.2, 0) is 24.2 Å². The number of hydrogen-bond acceptors (Lipinski definition) is 3. The molecular formula is C17H22N4O. The summed E-state index contributed by atoms with van der Waals surface area (Å²) < 4.78 is 0. The fourth-order valence-electron chi connectivity index (χ4n) is 2.76. The number of H-pyrrole nitrogens is 1. The van der Waals surface area contributed by atoms with E-state index in [4.69, 9.17) is 0 Å². The van der Waals surface area contributed by atoms with Gasteiger partial charge in [-0.25, -0.2) is 0 Å². The average molecular weight is 298 g/mol. The van der Waals surface area contributed by atoms with Crippen molar-refractivity contribution >= 4 is 11.7 Å². The Hall–Kier alpha value is -2.14. The molecule has 1 amide bonds. The van der Waals surface area contributed by atoms with Crippen molar-refractivity contribution in [3.8, 4) is 0 Å². The topological polar surface area (TPSA) is 61.0 Å². The number of aromatic amines is 1. The Kier molecular flexibility index (Phi) is 4.24. The van der Waals surface area contributed by atoms with Gasteiger partial charge in [-0.05, 0) is 32.4 Å². The molecule has 5 nitrogen and oxygen atoms in total. The van der Waals surface area contributed by atoms with E-state index in [-0.39, 0.29) is 5.91 Å². The summed E-state index contributed by atoms with van der Waals surface area (Å²) in [6.07, 6.45) is 2.15. The monoisotopic (exact) mass is 298 g/mol. The fourth-order valence-corrected chi connectivity index (χ4v) is 2.76. The molecule has 0 unspecified atom stereocenters. The normalized spacial score (nSPS) is 14.6. The molecule has 2 heterocycles. The molecule has 1 aromatic carbocycles. The van der Waals surface area contributed by atoms with Gasteiger partial charge in [-0.15, -0.1) is 0 Å². The molecular weight excluding hydrogens is 276 g/mol. The number of likely N-dealkylation sites (N-methyl/N-ethyl adjacent to an activating group) is 1. The third-order valence-corrected chi connectivity index (χ3v) is 4.14. The minimum Gasteiger partial charge on any atom is -0.309 e. The molecule has 0 fully saturated rings. The summed E-state index contributed by atoms with van der Waals surface area (Å²) in [4.78, 5) is 14.4. The molecule has 0 spiro atoms. The van der Waals surface area contributed by atoms with E-state index in [0.29, 0.717) is 12.2 Å².